The van der Waals surface area contributed by atoms with Gasteiger partial charge in [-0.1, -0.05) is 419 Å². The molecule has 0 saturated heterocycles. The molecule has 6 nitrogen and oxygen atoms in total. The fraction of sp³-hybridized carbons (Fsp3) is 0. The van der Waals surface area contributed by atoms with Crippen molar-refractivity contribution in [2.24, 2.45) is 0 Å². The summed E-state index contributed by atoms with van der Waals surface area (Å²) in [6.45, 7) is 0. The highest BCUT2D eigenvalue weighted by molar-refractivity contribution is 6.29. The fourth-order valence-corrected chi connectivity index (χ4v) is 22.0. The van der Waals surface area contributed by atoms with E-state index in [1.807, 2.05) is 18.2 Å². The van der Waals surface area contributed by atoms with Gasteiger partial charge in [-0.3, -0.25) is 0 Å². The Morgan fingerprint density at radius 2 is 0.391 bits per heavy atom. The lowest BCUT2D eigenvalue weighted by molar-refractivity contribution is 0.672. The van der Waals surface area contributed by atoms with Crippen LogP contribution in [-0.2, 0) is 0 Å². The van der Waals surface area contributed by atoms with E-state index in [0.29, 0.717) is 0 Å². The van der Waals surface area contributed by atoms with Gasteiger partial charge in [-0.15, -0.1) is 0 Å². The van der Waals surface area contributed by atoms with Crippen molar-refractivity contribution in [3.63, 3.8) is 0 Å². The van der Waals surface area contributed by atoms with Crippen LogP contribution in [0, 0.1) is 0 Å². The number of hydrogen-bond acceptors (Lipinski definition) is 6. The van der Waals surface area contributed by atoms with Crippen LogP contribution in [0.5, 0.6) is 0 Å². The summed E-state index contributed by atoms with van der Waals surface area (Å²) in [5.41, 5.74) is 20.3. The van der Waals surface area contributed by atoms with E-state index in [1.54, 1.807) is 0 Å². The topological polar surface area (TPSA) is 49.1 Å². The molecular weight excluding hydrogens is 1680 g/mol. The van der Waals surface area contributed by atoms with Gasteiger partial charge in [0.25, 0.3) is 0 Å². The fourth-order valence-electron chi connectivity index (χ4n) is 22.0. The highest BCUT2D eigenvalue weighted by atomic mass is 16.3. The Labute approximate surface area is 794 Å². The van der Waals surface area contributed by atoms with Crippen molar-refractivity contribution in [3.05, 3.63) is 504 Å². The summed E-state index contributed by atoms with van der Waals surface area (Å²) in [6, 6.07) is 181. The zero-order valence-electron chi connectivity index (χ0n) is 75.0. The quantitative estimate of drug-likeness (QED) is 0.120. The SMILES string of the molecule is c1ccc(-c2c(-c3ccc(N(c4cccc5ccccc45)c4cc5ccccc5c5oc6ccccc6c45)cc3)c3ccccc3c3ccccc23)cc1.c1ccc2c(N(c3cc4ccccc4c4ccccc34)c3cc4ccccc4c4oc5ccccc5c34)cccc2c1.c1ccc2c(N(c3ccc4c(ccc5ccccc54)c3)c3cc4ccccc4c4oc5ccccc5c34)cccc2c1. The van der Waals surface area contributed by atoms with Crippen molar-refractivity contribution < 1.29 is 13.3 Å². The largest absolute Gasteiger partial charge is 0.455 e. The zero-order valence-corrected chi connectivity index (χ0v) is 75.0. The Bertz CT molecular complexity index is 9970. The normalized spacial score (nSPS) is 11.8. The molecule has 6 heteroatoms. The van der Waals surface area contributed by atoms with Crippen LogP contribution in [0.1, 0.15) is 0 Å². The molecule has 3 heterocycles. The van der Waals surface area contributed by atoms with Gasteiger partial charge in [0.15, 0.2) is 0 Å². The highest BCUT2D eigenvalue weighted by Gasteiger charge is 2.30. The van der Waals surface area contributed by atoms with Gasteiger partial charge in [0, 0.05) is 65.2 Å². The average Bonchev–Trinajstić information content (AvgIpc) is 1.49. The Morgan fingerprint density at radius 3 is 0.826 bits per heavy atom. The summed E-state index contributed by atoms with van der Waals surface area (Å²) < 4.78 is 20.0. The molecule has 0 unspecified atom stereocenters. The summed E-state index contributed by atoms with van der Waals surface area (Å²) in [5.74, 6) is 0. The third-order valence-corrected chi connectivity index (χ3v) is 28.2. The smallest absolute Gasteiger partial charge is 0.145 e. The van der Waals surface area contributed by atoms with E-state index in [9.17, 15) is 0 Å². The van der Waals surface area contributed by atoms with Gasteiger partial charge >= 0.3 is 0 Å². The van der Waals surface area contributed by atoms with Gasteiger partial charge in [0.2, 0.25) is 0 Å². The molecule has 0 spiro atoms. The van der Waals surface area contributed by atoms with Crippen LogP contribution in [0.4, 0.5) is 51.2 Å². The predicted molar refractivity (Wildman–Crippen MR) is 586 cm³/mol. The Morgan fingerprint density at radius 1 is 0.130 bits per heavy atom. The van der Waals surface area contributed by atoms with Gasteiger partial charge in [-0.05, 0) is 199 Å². The van der Waals surface area contributed by atoms with Crippen molar-refractivity contribution in [2.45, 2.75) is 0 Å². The molecular formula is C132H83N3O3. The predicted octanol–water partition coefficient (Wildman–Crippen LogP) is 38.3. The number of anilines is 9. The molecule has 0 N–H and O–H groups in total. The third kappa shape index (κ3) is 13.1. The molecule has 3 aromatic heterocycles. The number of hydrogen-bond donors (Lipinski definition) is 0. The maximum absolute atomic E-state index is 6.70. The van der Waals surface area contributed by atoms with Gasteiger partial charge in [-0.2, -0.15) is 0 Å². The highest BCUT2D eigenvalue weighted by Crippen LogP contribution is 2.55. The lowest BCUT2D eigenvalue weighted by Gasteiger charge is -2.29. The van der Waals surface area contributed by atoms with Crippen LogP contribution >= 0.6 is 0 Å². The number of fused-ring (bicyclic) bond motifs is 27. The van der Waals surface area contributed by atoms with Gasteiger partial charge in [0.1, 0.15) is 33.5 Å². The monoisotopic (exact) mass is 1760 g/mol. The molecule has 0 atom stereocenters. The first-order chi connectivity index (χ1) is 68.5. The summed E-state index contributed by atoms with van der Waals surface area (Å²) >= 11 is 0. The van der Waals surface area contributed by atoms with Gasteiger partial charge in [0.05, 0.1) is 56.0 Å². The van der Waals surface area contributed by atoms with Crippen LogP contribution in [0.25, 0.3) is 217 Å². The summed E-state index contributed by atoms with van der Waals surface area (Å²) in [5, 5.41) is 35.6. The maximum Gasteiger partial charge on any atom is 0.145 e. The van der Waals surface area contributed by atoms with Crippen molar-refractivity contribution in [1.29, 1.82) is 0 Å². The molecule has 0 radical (unpaired) electrons. The Hall–Kier alpha value is -18.4. The van der Waals surface area contributed by atoms with Crippen LogP contribution in [0.2, 0.25) is 0 Å². The summed E-state index contributed by atoms with van der Waals surface area (Å²) in [7, 11) is 0. The van der Waals surface area contributed by atoms with Crippen molar-refractivity contribution in [3.8, 4) is 22.3 Å². The lowest BCUT2D eigenvalue weighted by atomic mass is 9.85. The molecule has 0 bridgehead atoms. The van der Waals surface area contributed by atoms with Crippen molar-refractivity contribution >= 4 is 246 Å². The minimum absolute atomic E-state index is 0.884. The molecule has 29 rings (SSSR count). The molecule has 0 aliphatic rings. The second-order valence-electron chi connectivity index (χ2n) is 35.9. The molecule has 0 saturated carbocycles. The Balaban J connectivity index is 0.000000106. The molecule has 29 aromatic rings. The number of rotatable bonds is 11. The van der Waals surface area contributed by atoms with Crippen LogP contribution in [0.3, 0.4) is 0 Å². The van der Waals surface area contributed by atoms with E-state index in [4.69, 9.17) is 13.3 Å². The number of para-hydroxylation sites is 3. The van der Waals surface area contributed by atoms with Crippen molar-refractivity contribution in [2.75, 3.05) is 14.7 Å². The Kier molecular flexibility index (Phi) is 18.9. The standard InChI is InChI=1S/C52H33NO.2C40H25NO/c1-2-16-35(17-3-1)49-43-24-10-8-22-41(43)42-23-9-11-25-44(42)50(49)36-29-31-38(32-30-36)53(46-27-14-19-34-15-4-6-20-39(34)46)47-33-37-18-5-7-21-40(37)52-51(47)45-26-12-13-28-48(45)54-52;1-5-17-30-26(12-1)15-11-22-35(30)41(36-24-27-13-2-4-16-29(27)32-19-7-8-20-33(32)36)37-25-28-14-3-6-18-31(28)40-39(37)34-21-9-10-23-38(34)42-40;1-4-14-31-27(11-1)20-21-29-24-30(22-23-32(29)31)41(36-18-9-13-26-10-2-5-15-33(26)36)37-25-28-12-3-6-16-34(28)40-39(37)35-17-7-8-19-38(35)42-40/h1-33H;2*1-25H. The summed E-state index contributed by atoms with van der Waals surface area (Å²) in [4.78, 5) is 7.32. The third-order valence-electron chi connectivity index (χ3n) is 28.2. The first-order valence-electron chi connectivity index (χ1n) is 47.2. The van der Waals surface area contributed by atoms with E-state index in [1.165, 1.54) is 119 Å². The van der Waals surface area contributed by atoms with Gasteiger partial charge < -0.3 is 28.0 Å². The number of benzene rings is 26. The molecule has 0 amide bonds. The van der Waals surface area contributed by atoms with E-state index >= 15 is 0 Å². The second kappa shape index (κ2) is 32.8. The number of nitrogens with zero attached hydrogens (tertiary/aromatic N) is 3. The van der Waals surface area contributed by atoms with Crippen molar-refractivity contribution in [1.82, 2.24) is 0 Å². The van der Waals surface area contributed by atoms with E-state index < -0.39 is 0 Å². The molecule has 0 fully saturated rings. The van der Waals surface area contributed by atoms with E-state index in [2.05, 4.69) is 500 Å². The zero-order chi connectivity index (χ0) is 90.8. The summed E-state index contributed by atoms with van der Waals surface area (Å²) in [6.07, 6.45) is 0. The molecule has 26 aromatic carbocycles. The minimum atomic E-state index is 0.884. The first kappa shape index (κ1) is 79.4. The lowest BCUT2D eigenvalue weighted by Crippen LogP contribution is -2.12. The van der Waals surface area contributed by atoms with Crippen LogP contribution in [-0.4, -0.2) is 0 Å². The minimum Gasteiger partial charge on any atom is -0.455 e. The molecule has 138 heavy (non-hydrogen) atoms. The first-order valence-corrected chi connectivity index (χ1v) is 47.2. The van der Waals surface area contributed by atoms with Gasteiger partial charge in [-0.25, -0.2) is 0 Å². The maximum atomic E-state index is 6.70. The van der Waals surface area contributed by atoms with Crippen LogP contribution < -0.4 is 14.7 Å². The number of furan rings is 3. The van der Waals surface area contributed by atoms with E-state index in [0.717, 1.165) is 149 Å². The molecule has 0 aliphatic heterocycles. The molecule has 644 valence electrons. The average molecular weight is 1760 g/mol. The second-order valence-corrected chi connectivity index (χ2v) is 35.9. The molecule has 0 aliphatic carbocycles. The van der Waals surface area contributed by atoms with Crippen LogP contribution in [0.15, 0.2) is 517 Å². The van der Waals surface area contributed by atoms with E-state index in [-0.39, 0.29) is 0 Å².